The van der Waals surface area contributed by atoms with Crippen molar-refractivity contribution in [1.29, 1.82) is 0 Å². The van der Waals surface area contributed by atoms with Crippen LogP contribution < -0.4 is 16.6 Å². The summed E-state index contributed by atoms with van der Waals surface area (Å²) >= 11 is 0. The number of benzene rings is 2. The molecule has 33 heavy (non-hydrogen) atoms. The Kier molecular flexibility index (Phi) is 6.80. The fourth-order valence-corrected chi connectivity index (χ4v) is 3.64. The summed E-state index contributed by atoms with van der Waals surface area (Å²) < 4.78 is 9.18. The summed E-state index contributed by atoms with van der Waals surface area (Å²) in [5.41, 5.74) is 1.22. The molecule has 170 valence electrons. The van der Waals surface area contributed by atoms with E-state index in [2.05, 4.69) is 10.3 Å². The Morgan fingerprint density at radius 3 is 2.30 bits per heavy atom. The van der Waals surface area contributed by atoms with Crippen molar-refractivity contribution in [2.75, 3.05) is 13.7 Å². The van der Waals surface area contributed by atoms with Gasteiger partial charge in [-0.05, 0) is 11.1 Å². The Labute approximate surface area is 189 Å². The molecule has 9 nitrogen and oxygen atoms in total. The first kappa shape index (κ1) is 22.2. The summed E-state index contributed by atoms with van der Waals surface area (Å²) in [5.74, 6) is -0.424. The van der Waals surface area contributed by atoms with E-state index >= 15 is 0 Å². The van der Waals surface area contributed by atoms with Gasteiger partial charge in [-0.25, -0.2) is 14.3 Å². The number of nitrogens with zero attached hydrogens (tertiary/aromatic N) is 4. The van der Waals surface area contributed by atoms with E-state index in [1.165, 1.54) is 10.9 Å². The number of carbonyl (C=O) groups is 1. The normalized spacial score (nSPS) is 11.1. The zero-order valence-corrected chi connectivity index (χ0v) is 18.3. The molecule has 0 spiro atoms. The van der Waals surface area contributed by atoms with Crippen LogP contribution in [0.2, 0.25) is 0 Å². The van der Waals surface area contributed by atoms with Crippen molar-refractivity contribution >= 4 is 17.1 Å². The van der Waals surface area contributed by atoms with E-state index in [9.17, 15) is 14.4 Å². The number of hydrogen-bond acceptors (Lipinski definition) is 5. The van der Waals surface area contributed by atoms with Crippen molar-refractivity contribution in [1.82, 2.24) is 24.0 Å². The lowest BCUT2D eigenvalue weighted by Gasteiger charge is -2.13. The first-order valence-electron chi connectivity index (χ1n) is 10.6. The lowest BCUT2D eigenvalue weighted by molar-refractivity contribution is -0.121. The maximum absolute atomic E-state index is 13.3. The monoisotopic (exact) mass is 447 g/mol. The second kappa shape index (κ2) is 10.1. The van der Waals surface area contributed by atoms with Crippen LogP contribution in [0.1, 0.15) is 11.1 Å². The highest BCUT2D eigenvalue weighted by atomic mass is 16.5. The molecule has 0 radical (unpaired) electrons. The maximum Gasteiger partial charge on any atom is 0.333 e. The van der Waals surface area contributed by atoms with Gasteiger partial charge < -0.3 is 14.6 Å². The molecule has 0 saturated heterocycles. The highest BCUT2D eigenvalue weighted by molar-refractivity contribution is 5.76. The molecule has 0 saturated carbocycles. The standard InChI is InChI=1S/C24H25N5O4/c1-33-13-12-27-17-26-22-21(27)23(31)29(16-20(30)25-14-18-8-4-2-5-9-18)24(32)28(22)15-19-10-6-3-7-11-19/h2-11,17H,12-16H2,1H3,(H,25,30). The van der Waals surface area contributed by atoms with Crippen molar-refractivity contribution in [2.45, 2.75) is 26.2 Å². The summed E-state index contributed by atoms with van der Waals surface area (Å²) in [6.07, 6.45) is 1.52. The molecule has 1 N–H and O–H groups in total. The fourth-order valence-electron chi connectivity index (χ4n) is 3.64. The molecule has 0 fully saturated rings. The molecule has 0 aliphatic heterocycles. The van der Waals surface area contributed by atoms with Gasteiger partial charge in [0.25, 0.3) is 5.56 Å². The van der Waals surface area contributed by atoms with E-state index in [4.69, 9.17) is 4.74 Å². The molecule has 4 rings (SSSR count). The van der Waals surface area contributed by atoms with E-state index in [-0.39, 0.29) is 24.3 Å². The van der Waals surface area contributed by atoms with Crippen molar-refractivity contribution < 1.29 is 9.53 Å². The number of nitrogens with one attached hydrogen (secondary N) is 1. The first-order chi connectivity index (χ1) is 16.1. The Bertz CT molecular complexity index is 1360. The van der Waals surface area contributed by atoms with Crippen molar-refractivity contribution in [3.8, 4) is 0 Å². The van der Waals surface area contributed by atoms with Gasteiger partial charge in [-0.1, -0.05) is 60.7 Å². The summed E-state index contributed by atoms with van der Waals surface area (Å²) in [4.78, 5) is 43.6. The minimum absolute atomic E-state index is 0.226. The molecule has 9 heteroatoms. The van der Waals surface area contributed by atoms with Gasteiger partial charge in [0.2, 0.25) is 5.91 Å². The third-order valence-corrected chi connectivity index (χ3v) is 5.34. The second-order valence-electron chi connectivity index (χ2n) is 7.61. The third-order valence-electron chi connectivity index (χ3n) is 5.34. The van der Waals surface area contributed by atoms with Crippen LogP contribution in [0.4, 0.5) is 0 Å². The van der Waals surface area contributed by atoms with Gasteiger partial charge in [0.05, 0.1) is 19.5 Å². The molecule has 0 bridgehead atoms. The number of hydrogen-bond donors (Lipinski definition) is 1. The Morgan fingerprint density at radius 1 is 0.970 bits per heavy atom. The Hall–Kier alpha value is -3.98. The number of fused-ring (bicyclic) bond motifs is 1. The molecule has 0 aliphatic carbocycles. The molecule has 4 aromatic rings. The molecule has 0 atom stereocenters. The quantitative estimate of drug-likeness (QED) is 0.418. The van der Waals surface area contributed by atoms with Gasteiger partial charge in [0.1, 0.15) is 6.54 Å². The van der Waals surface area contributed by atoms with E-state index < -0.39 is 17.2 Å². The molecule has 2 aromatic heterocycles. The molecule has 2 heterocycles. The second-order valence-corrected chi connectivity index (χ2v) is 7.61. The van der Waals surface area contributed by atoms with E-state index in [1.807, 2.05) is 60.7 Å². The van der Waals surface area contributed by atoms with Crippen molar-refractivity contribution in [3.63, 3.8) is 0 Å². The summed E-state index contributed by atoms with van der Waals surface area (Å²) in [6, 6.07) is 18.8. The third kappa shape index (κ3) is 4.93. The highest BCUT2D eigenvalue weighted by Gasteiger charge is 2.20. The van der Waals surface area contributed by atoms with Crippen LogP contribution in [0.3, 0.4) is 0 Å². The summed E-state index contributed by atoms with van der Waals surface area (Å²) in [5, 5.41) is 2.77. The van der Waals surface area contributed by atoms with Crippen LogP contribution in [0.15, 0.2) is 76.6 Å². The SMILES string of the molecule is COCCn1cnc2c1c(=O)n(CC(=O)NCc1ccccc1)c(=O)n2Cc1ccccc1. The predicted molar refractivity (Wildman–Crippen MR) is 124 cm³/mol. The largest absolute Gasteiger partial charge is 0.383 e. The number of ether oxygens (including phenoxy) is 1. The van der Waals surface area contributed by atoms with E-state index in [0.717, 1.165) is 15.7 Å². The van der Waals surface area contributed by atoms with Gasteiger partial charge in [-0.2, -0.15) is 0 Å². The molecule has 2 aromatic carbocycles. The average molecular weight is 447 g/mol. The smallest absolute Gasteiger partial charge is 0.333 e. The molecule has 0 unspecified atom stereocenters. The lowest BCUT2D eigenvalue weighted by atomic mass is 10.2. The van der Waals surface area contributed by atoms with Gasteiger partial charge >= 0.3 is 5.69 Å². The Balaban J connectivity index is 1.72. The summed E-state index contributed by atoms with van der Waals surface area (Å²) in [7, 11) is 1.57. The molecule has 0 aliphatic rings. The van der Waals surface area contributed by atoms with E-state index in [0.29, 0.717) is 19.7 Å². The zero-order valence-electron chi connectivity index (χ0n) is 18.3. The van der Waals surface area contributed by atoms with Crippen LogP contribution in [0, 0.1) is 0 Å². The van der Waals surface area contributed by atoms with E-state index in [1.54, 1.807) is 11.7 Å². The first-order valence-corrected chi connectivity index (χ1v) is 10.6. The minimum atomic E-state index is -0.580. The highest BCUT2D eigenvalue weighted by Crippen LogP contribution is 2.10. The van der Waals surface area contributed by atoms with Crippen LogP contribution in [-0.4, -0.2) is 38.3 Å². The van der Waals surface area contributed by atoms with Crippen LogP contribution in [-0.2, 0) is 35.7 Å². The maximum atomic E-state index is 13.3. The fraction of sp³-hybridized carbons (Fsp3) is 0.250. The number of aromatic nitrogens is 4. The summed E-state index contributed by atoms with van der Waals surface area (Å²) in [6.45, 7) is 0.918. The zero-order chi connectivity index (χ0) is 23.2. The lowest BCUT2D eigenvalue weighted by Crippen LogP contribution is -2.44. The predicted octanol–water partition coefficient (Wildman–Crippen LogP) is 1.37. The van der Waals surface area contributed by atoms with Gasteiger partial charge in [0.15, 0.2) is 11.2 Å². The number of rotatable bonds is 9. The average Bonchev–Trinajstić information content (AvgIpc) is 3.27. The van der Waals surface area contributed by atoms with Gasteiger partial charge in [-0.3, -0.25) is 14.2 Å². The van der Waals surface area contributed by atoms with Crippen LogP contribution in [0.25, 0.3) is 11.2 Å². The molecular formula is C24H25N5O4. The minimum Gasteiger partial charge on any atom is -0.383 e. The van der Waals surface area contributed by atoms with Crippen LogP contribution >= 0.6 is 0 Å². The number of carbonyl (C=O) groups excluding carboxylic acids is 1. The number of amides is 1. The molecule has 1 amide bonds. The Morgan fingerprint density at radius 2 is 1.64 bits per heavy atom. The van der Waals surface area contributed by atoms with Gasteiger partial charge in [-0.15, -0.1) is 0 Å². The number of methoxy groups -OCH3 is 1. The topological polar surface area (TPSA) is 100 Å². The van der Waals surface area contributed by atoms with Crippen LogP contribution in [0.5, 0.6) is 0 Å². The van der Waals surface area contributed by atoms with Gasteiger partial charge in [0, 0.05) is 20.2 Å². The van der Waals surface area contributed by atoms with Crippen molar-refractivity contribution in [2.24, 2.45) is 0 Å². The molecular weight excluding hydrogens is 422 g/mol. The van der Waals surface area contributed by atoms with Crippen molar-refractivity contribution in [3.05, 3.63) is 99.0 Å². The number of imidazole rings is 1.